The van der Waals surface area contributed by atoms with E-state index in [0.717, 1.165) is 17.9 Å². The Morgan fingerprint density at radius 3 is 3.05 bits per heavy atom. The summed E-state index contributed by atoms with van der Waals surface area (Å²) in [5.41, 5.74) is 3.00. The number of hydrogen-bond donors (Lipinski definition) is 2. The van der Waals surface area contributed by atoms with Crippen molar-refractivity contribution in [2.24, 2.45) is 0 Å². The second-order valence-corrected chi connectivity index (χ2v) is 5.46. The number of halogens is 1. The maximum atomic E-state index is 12.1. The smallest absolute Gasteiger partial charge is 0.231 e. The van der Waals surface area contributed by atoms with Gasteiger partial charge in [-0.15, -0.1) is 0 Å². The number of para-hydroxylation sites is 1. The Morgan fingerprint density at radius 1 is 1.43 bits per heavy atom. The van der Waals surface area contributed by atoms with Gasteiger partial charge in [-0.2, -0.15) is 0 Å². The van der Waals surface area contributed by atoms with Crippen molar-refractivity contribution in [1.29, 1.82) is 0 Å². The SMILES string of the molecule is Cc1cc(Cl)nc(NC(=O)CC2CNc3ccccc32)n1. The average Bonchev–Trinajstić information content (AvgIpc) is 2.81. The molecule has 108 valence electrons. The third kappa shape index (κ3) is 3.13. The van der Waals surface area contributed by atoms with Crippen LogP contribution in [-0.2, 0) is 4.79 Å². The first-order chi connectivity index (χ1) is 10.1. The van der Waals surface area contributed by atoms with Gasteiger partial charge in [0.05, 0.1) is 0 Å². The average molecular weight is 303 g/mol. The number of rotatable bonds is 3. The molecular formula is C15H15ClN4O. The maximum Gasteiger partial charge on any atom is 0.231 e. The summed E-state index contributed by atoms with van der Waals surface area (Å²) in [6.07, 6.45) is 0.388. The molecule has 1 aromatic carbocycles. The lowest BCUT2D eigenvalue weighted by Crippen LogP contribution is -2.18. The predicted octanol–water partition coefficient (Wildman–Crippen LogP) is 2.98. The zero-order valence-electron chi connectivity index (χ0n) is 11.6. The molecule has 2 aromatic rings. The first-order valence-electron chi connectivity index (χ1n) is 6.75. The Bertz CT molecular complexity index is 669. The van der Waals surface area contributed by atoms with Crippen LogP contribution in [-0.4, -0.2) is 22.4 Å². The number of aryl methyl sites for hydroxylation is 1. The molecule has 1 aromatic heterocycles. The van der Waals surface area contributed by atoms with Crippen molar-refractivity contribution in [2.45, 2.75) is 19.3 Å². The zero-order valence-corrected chi connectivity index (χ0v) is 12.3. The second kappa shape index (κ2) is 5.69. The van der Waals surface area contributed by atoms with Gasteiger partial charge >= 0.3 is 0 Å². The monoisotopic (exact) mass is 302 g/mol. The van der Waals surface area contributed by atoms with Crippen molar-refractivity contribution >= 4 is 29.1 Å². The van der Waals surface area contributed by atoms with Crippen molar-refractivity contribution in [2.75, 3.05) is 17.2 Å². The fourth-order valence-corrected chi connectivity index (χ4v) is 2.76. The highest BCUT2D eigenvalue weighted by Crippen LogP contribution is 2.33. The molecule has 0 spiro atoms. The van der Waals surface area contributed by atoms with Crippen LogP contribution in [0.25, 0.3) is 0 Å². The topological polar surface area (TPSA) is 66.9 Å². The highest BCUT2D eigenvalue weighted by molar-refractivity contribution is 6.29. The van der Waals surface area contributed by atoms with Gasteiger partial charge in [-0.3, -0.25) is 10.1 Å². The van der Waals surface area contributed by atoms with Gasteiger partial charge in [0, 0.05) is 30.3 Å². The second-order valence-electron chi connectivity index (χ2n) is 5.07. The van der Waals surface area contributed by atoms with Crippen LogP contribution in [0.1, 0.15) is 23.6 Å². The Morgan fingerprint density at radius 2 is 2.24 bits per heavy atom. The van der Waals surface area contributed by atoms with Crippen LogP contribution < -0.4 is 10.6 Å². The van der Waals surface area contributed by atoms with Crippen LogP contribution in [0.5, 0.6) is 0 Å². The Labute approximate surface area is 127 Å². The van der Waals surface area contributed by atoms with E-state index in [-0.39, 0.29) is 17.8 Å². The van der Waals surface area contributed by atoms with Gasteiger partial charge in [0.15, 0.2) is 0 Å². The number of hydrogen-bond acceptors (Lipinski definition) is 4. The molecule has 0 fully saturated rings. The van der Waals surface area contributed by atoms with Crippen molar-refractivity contribution < 1.29 is 4.79 Å². The standard InChI is InChI=1S/C15H15ClN4O/c1-9-6-13(16)19-15(18-9)20-14(21)7-10-8-17-12-5-3-2-4-11(10)12/h2-6,10,17H,7-8H2,1H3,(H,18,19,20,21). The lowest BCUT2D eigenvalue weighted by atomic mass is 9.98. The summed E-state index contributed by atoms with van der Waals surface area (Å²) in [7, 11) is 0. The molecule has 1 aliphatic heterocycles. The van der Waals surface area contributed by atoms with E-state index in [1.807, 2.05) is 24.3 Å². The number of amides is 1. The van der Waals surface area contributed by atoms with E-state index in [9.17, 15) is 4.79 Å². The molecule has 3 rings (SSSR count). The largest absolute Gasteiger partial charge is 0.384 e. The molecule has 2 heterocycles. The van der Waals surface area contributed by atoms with Gasteiger partial charge in [0.25, 0.3) is 0 Å². The number of anilines is 2. The number of carbonyl (C=O) groups excluding carboxylic acids is 1. The summed E-state index contributed by atoms with van der Waals surface area (Å²) in [6, 6.07) is 9.69. The quantitative estimate of drug-likeness (QED) is 0.855. The minimum Gasteiger partial charge on any atom is -0.384 e. The minimum atomic E-state index is -0.111. The molecule has 5 nitrogen and oxygen atoms in total. The molecule has 2 N–H and O–H groups in total. The Kier molecular flexibility index (Phi) is 3.75. The van der Waals surface area contributed by atoms with Crippen molar-refractivity contribution in [3.8, 4) is 0 Å². The van der Waals surface area contributed by atoms with Gasteiger partial charge < -0.3 is 5.32 Å². The number of nitrogens with one attached hydrogen (secondary N) is 2. The maximum absolute atomic E-state index is 12.1. The van der Waals surface area contributed by atoms with Gasteiger partial charge in [0.1, 0.15) is 5.15 Å². The summed E-state index contributed by atoms with van der Waals surface area (Å²) in [5, 5.41) is 6.34. The number of benzene rings is 1. The number of aromatic nitrogens is 2. The number of carbonyl (C=O) groups is 1. The van der Waals surface area contributed by atoms with E-state index in [0.29, 0.717) is 11.6 Å². The molecule has 0 aliphatic carbocycles. The predicted molar refractivity (Wildman–Crippen MR) is 82.7 cm³/mol. The lowest BCUT2D eigenvalue weighted by molar-refractivity contribution is -0.116. The van der Waals surface area contributed by atoms with Crippen LogP contribution in [0.3, 0.4) is 0 Å². The van der Waals surface area contributed by atoms with Crippen LogP contribution in [0.2, 0.25) is 5.15 Å². The molecule has 1 atom stereocenters. The van der Waals surface area contributed by atoms with Crippen molar-refractivity contribution in [1.82, 2.24) is 9.97 Å². The van der Waals surface area contributed by atoms with Gasteiger partial charge in [-0.1, -0.05) is 29.8 Å². The highest BCUT2D eigenvalue weighted by Gasteiger charge is 2.24. The Hall–Kier alpha value is -2.14. The van der Waals surface area contributed by atoms with Crippen LogP contribution in [0, 0.1) is 6.92 Å². The van der Waals surface area contributed by atoms with Crippen molar-refractivity contribution in [3.63, 3.8) is 0 Å². The van der Waals surface area contributed by atoms with E-state index in [4.69, 9.17) is 11.6 Å². The highest BCUT2D eigenvalue weighted by atomic mass is 35.5. The molecule has 0 bridgehead atoms. The molecule has 21 heavy (non-hydrogen) atoms. The van der Waals surface area contributed by atoms with Gasteiger partial charge in [-0.05, 0) is 24.6 Å². The van der Waals surface area contributed by atoms with Gasteiger partial charge in [-0.25, -0.2) is 9.97 Å². The summed E-state index contributed by atoms with van der Waals surface area (Å²) < 4.78 is 0. The van der Waals surface area contributed by atoms with E-state index in [1.165, 1.54) is 5.56 Å². The fourth-order valence-electron chi connectivity index (χ4n) is 2.52. The fraction of sp³-hybridized carbons (Fsp3) is 0.267. The number of fused-ring (bicyclic) bond motifs is 1. The summed E-state index contributed by atoms with van der Waals surface area (Å²) >= 11 is 5.86. The first-order valence-corrected chi connectivity index (χ1v) is 7.13. The van der Waals surface area contributed by atoms with Crippen molar-refractivity contribution in [3.05, 3.63) is 46.7 Å². The molecular weight excluding hydrogens is 288 g/mol. The molecule has 0 saturated carbocycles. The molecule has 0 radical (unpaired) electrons. The molecule has 1 aliphatic rings. The summed E-state index contributed by atoms with van der Waals surface area (Å²) in [6.45, 7) is 2.57. The normalized spacial score (nSPS) is 16.2. The van der Waals surface area contributed by atoms with E-state index >= 15 is 0 Å². The molecule has 6 heteroatoms. The molecule has 1 unspecified atom stereocenters. The molecule has 0 saturated heterocycles. The van der Waals surface area contributed by atoms with Gasteiger partial charge in [0.2, 0.25) is 11.9 Å². The zero-order chi connectivity index (χ0) is 14.8. The summed E-state index contributed by atoms with van der Waals surface area (Å²) in [5.74, 6) is 0.311. The lowest BCUT2D eigenvalue weighted by Gasteiger charge is -2.10. The minimum absolute atomic E-state index is 0.111. The van der Waals surface area contributed by atoms with Crippen LogP contribution in [0.15, 0.2) is 30.3 Å². The Balaban J connectivity index is 1.68. The van der Waals surface area contributed by atoms with Crippen LogP contribution in [0.4, 0.5) is 11.6 Å². The summed E-state index contributed by atoms with van der Waals surface area (Å²) in [4.78, 5) is 20.3. The first kappa shape index (κ1) is 13.8. The number of nitrogens with zero attached hydrogens (tertiary/aromatic N) is 2. The van der Waals surface area contributed by atoms with E-state index in [1.54, 1.807) is 13.0 Å². The van der Waals surface area contributed by atoms with E-state index < -0.39 is 0 Å². The van der Waals surface area contributed by atoms with Crippen LogP contribution >= 0.6 is 11.6 Å². The van der Waals surface area contributed by atoms with E-state index in [2.05, 4.69) is 20.6 Å². The molecule has 1 amide bonds. The third-order valence-corrected chi connectivity index (χ3v) is 3.64. The third-order valence-electron chi connectivity index (χ3n) is 3.45.